The number of benzene rings is 1. The summed E-state index contributed by atoms with van der Waals surface area (Å²) in [7, 11) is 0. The third-order valence-corrected chi connectivity index (χ3v) is 5.17. The van der Waals surface area contributed by atoms with E-state index in [1.807, 2.05) is 19.1 Å². The van der Waals surface area contributed by atoms with Gasteiger partial charge < -0.3 is 15.0 Å². The lowest BCUT2D eigenvalue weighted by molar-refractivity contribution is 0.211. The number of likely N-dealkylation sites (tertiary alicyclic amines) is 1. The first kappa shape index (κ1) is 18.0. The number of anilines is 1. The molecule has 1 saturated heterocycles. The maximum Gasteiger partial charge on any atom is 0.182 e. The first-order valence-corrected chi connectivity index (χ1v) is 9.65. The van der Waals surface area contributed by atoms with Crippen molar-refractivity contribution in [2.75, 3.05) is 25.0 Å². The van der Waals surface area contributed by atoms with Crippen molar-refractivity contribution in [1.82, 2.24) is 24.8 Å². The standard InChI is InChI=1S/C19H23ClN6O/c1-2-27-16-9-13(3-4-15(16)20)10-26-7-5-14(6-8-26)25-19-17-18(22-11-21-17)23-12-24-19/h3-4,9,11-12,14H,2,5-8,10H2,1H3,(H2,21,22,23,24,25). The number of halogens is 1. The molecule has 0 saturated carbocycles. The van der Waals surface area contributed by atoms with E-state index in [2.05, 4.69) is 36.2 Å². The van der Waals surface area contributed by atoms with E-state index in [-0.39, 0.29) is 0 Å². The Morgan fingerprint density at radius 2 is 2.11 bits per heavy atom. The molecule has 3 aromatic rings. The quantitative estimate of drug-likeness (QED) is 0.675. The number of aromatic amines is 1. The Balaban J connectivity index is 1.34. The molecule has 1 aliphatic rings. The van der Waals surface area contributed by atoms with Crippen molar-refractivity contribution in [1.29, 1.82) is 0 Å². The number of H-pyrrole nitrogens is 1. The Morgan fingerprint density at radius 1 is 1.26 bits per heavy atom. The Kier molecular flexibility index (Phi) is 5.40. The van der Waals surface area contributed by atoms with Gasteiger partial charge in [-0.05, 0) is 37.5 Å². The SMILES string of the molecule is CCOc1cc(CN2CCC(Nc3ncnc4nc[nH]c34)CC2)ccc1Cl. The van der Waals surface area contributed by atoms with Crippen molar-refractivity contribution in [3.05, 3.63) is 41.4 Å². The average Bonchev–Trinajstić information content (AvgIpc) is 3.16. The van der Waals surface area contributed by atoms with Crippen molar-refractivity contribution in [3.8, 4) is 5.75 Å². The van der Waals surface area contributed by atoms with Gasteiger partial charge in [0.25, 0.3) is 0 Å². The maximum atomic E-state index is 6.18. The number of imidazole rings is 1. The fraction of sp³-hybridized carbons (Fsp3) is 0.421. The second-order valence-corrected chi connectivity index (χ2v) is 7.12. The average molecular weight is 387 g/mol. The minimum absolute atomic E-state index is 0.395. The summed E-state index contributed by atoms with van der Waals surface area (Å²) < 4.78 is 5.60. The lowest BCUT2D eigenvalue weighted by atomic mass is 10.0. The topological polar surface area (TPSA) is 79.0 Å². The van der Waals surface area contributed by atoms with Gasteiger partial charge in [-0.25, -0.2) is 15.0 Å². The van der Waals surface area contributed by atoms with Crippen molar-refractivity contribution >= 4 is 28.6 Å². The summed E-state index contributed by atoms with van der Waals surface area (Å²) >= 11 is 6.18. The molecule has 0 unspecified atom stereocenters. The second-order valence-electron chi connectivity index (χ2n) is 6.72. The van der Waals surface area contributed by atoms with Crippen molar-refractivity contribution < 1.29 is 4.74 Å². The Morgan fingerprint density at radius 3 is 2.93 bits per heavy atom. The van der Waals surface area contributed by atoms with E-state index in [0.29, 0.717) is 23.3 Å². The van der Waals surface area contributed by atoms with Crippen LogP contribution in [0.25, 0.3) is 11.2 Å². The fourth-order valence-electron chi connectivity index (χ4n) is 3.47. The highest BCUT2D eigenvalue weighted by Crippen LogP contribution is 2.27. The molecule has 0 spiro atoms. The molecule has 142 valence electrons. The summed E-state index contributed by atoms with van der Waals surface area (Å²) in [6.45, 7) is 5.55. The van der Waals surface area contributed by atoms with E-state index in [1.165, 1.54) is 5.56 Å². The number of fused-ring (bicyclic) bond motifs is 1. The van der Waals surface area contributed by atoms with E-state index in [4.69, 9.17) is 16.3 Å². The first-order chi connectivity index (χ1) is 13.2. The predicted octanol–water partition coefficient (Wildman–Crippen LogP) is 3.48. The summed E-state index contributed by atoms with van der Waals surface area (Å²) in [6, 6.07) is 6.43. The molecule has 27 heavy (non-hydrogen) atoms. The normalized spacial score (nSPS) is 15.9. The van der Waals surface area contributed by atoms with Gasteiger partial charge in [0, 0.05) is 25.7 Å². The minimum Gasteiger partial charge on any atom is -0.492 e. The number of nitrogens with one attached hydrogen (secondary N) is 2. The van der Waals surface area contributed by atoms with Crippen LogP contribution >= 0.6 is 11.6 Å². The summed E-state index contributed by atoms with van der Waals surface area (Å²) in [5, 5.41) is 4.21. The molecule has 0 aliphatic carbocycles. The van der Waals surface area contributed by atoms with Gasteiger partial charge >= 0.3 is 0 Å². The van der Waals surface area contributed by atoms with Gasteiger partial charge in [-0.1, -0.05) is 17.7 Å². The molecule has 0 amide bonds. The monoisotopic (exact) mass is 386 g/mol. The summed E-state index contributed by atoms with van der Waals surface area (Å²) in [5.41, 5.74) is 2.78. The van der Waals surface area contributed by atoms with E-state index in [9.17, 15) is 0 Å². The Labute approximate surface area is 163 Å². The van der Waals surface area contributed by atoms with Gasteiger partial charge in [0.15, 0.2) is 11.5 Å². The van der Waals surface area contributed by atoms with Crippen LogP contribution in [0.5, 0.6) is 5.75 Å². The summed E-state index contributed by atoms with van der Waals surface area (Å²) in [4.78, 5) is 18.3. The van der Waals surface area contributed by atoms with Crippen LogP contribution < -0.4 is 10.1 Å². The molecule has 2 N–H and O–H groups in total. The van der Waals surface area contributed by atoms with Crippen LogP contribution in [0.2, 0.25) is 5.02 Å². The number of hydrogen-bond donors (Lipinski definition) is 2. The lowest BCUT2D eigenvalue weighted by Gasteiger charge is -2.32. The zero-order valence-corrected chi connectivity index (χ0v) is 16.0. The van der Waals surface area contributed by atoms with E-state index < -0.39 is 0 Å². The molecule has 8 heteroatoms. The number of nitrogens with zero attached hydrogens (tertiary/aromatic N) is 4. The second kappa shape index (κ2) is 8.10. The smallest absolute Gasteiger partial charge is 0.182 e. The first-order valence-electron chi connectivity index (χ1n) is 9.27. The van der Waals surface area contributed by atoms with Crippen LogP contribution in [-0.2, 0) is 6.54 Å². The molecule has 2 aromatic heterocycles. The molecular weight excluding hydrogens is 364 g/mol. The zero-order valence-electron chi connectivity index (χ0n) is 15.3. The summed E-state index contributed by atoms with van der Waals surface area (Å²) in [6.07, 6.45) is 5.32. The number of hydrogen-bond acceptors (Lipinski definition) is 6. The highest BCUT2D eigenvalue weighted by Gasteiger charge is 2.21. The Hall–Kier alpha value is -2.38. The van der Waals surface area contributed by atoms with E-state index >= 15 is 0 Å². The highest BCUT2D eigenvalue weighted by atomic mass is 35.5. The van der Waals surface area contributed by atoms with Crippen molar-refractivity contribution in [2.24, 2.45) is 0 Å². The molecular formula is C19H23ClN6O. The lowest BCUT2D eigenvalue weighted by Crippen LogP contribution is -2.38. The number of piperidine rings is 1. The van der Waals surface area contributed by atoms with Crippen molar-refractivity contribution in [2.45, 2.75) is 32.4 Å². The van der Waals surface area contributed by atoms with E-state index in [1.54, 1.807) is 12.7 Å². The Bertz CT molecular complexity index is 906. The number of aromatic nitrogens is 4. The van der Waals surface area contributed by atoms with Gasteiger partial charge in [0.05, 0.1) is 18.0 Å². The van der Waals surface area contributed by atoms with Crippen LogP contribution in [0.4, 0.5) is 5.82 Å². The van der Waals surface area contributed by atoms with Gasteiger partial charge in [-0.15, -0.1) is 0 Å². The molecule has 0 radical (unpaired) electrons. The highest BCUT2D eigenvalue weighted by molar-refractivity contribution is 6.32. The fourth-order valence-corrected chi connectivity index (χ4v) is 3.65. The van der Waals surface area contributed by atoms with Gasteiger partial charge in [-0.2, -0.15) is 0 Å². The van der Waals surface area contributed by atoms with E-state index in [0.717, 1.165) is 49.6 Å². The molecule has 0 bridgehead atoms. The summed E-state index contributed by atoms with van der Waals surface area (Å²) in [5.74, 6) is 1.59. The van der Waals surface area contributed by atoms with Gasteiger partial charge in [0.1, 0.15) is 17.6 Å². The largest absolute Gasteiger partial charge is 0.492 e. The van der Waals surface area contributed by atoms with Crippen LogP contribution in [0.1, 0.15) is 25.3 Å². The molecule has 3 heterocycles. The van der Waals surface area contributed by atoms with Crippen molar-refractivity contribution in [3.63, 3.8) is 0 Å². The number of ether oxygens (including phenoxy) is 1. The van der Waals surface area contributed by atoms with Gasteiger partial charge in [-0.3, -0.25) is 4.90 Å². The predicted molar refractivity (Wildman–Crippen MR) is 106 cm³/mol. The van der Waals surface area contributed by atoms with Crippen LogP contribution in [0.3, 0.4) is 0 Å². The molecule has 1 aromatic carbocycles. The minimum atomic E-state index is 0.395. The zero-order chi connectivity index (χ0) is 18.6. The number of rotatable bonds is 6. The molecule has 7 nitrogen and oxygen atoms in total. The maximum absolute atomic E-state index is 6.18. The molecule has 1 fully saturated rings. The van der Waals surface area contributed by atoms with Crippen LogP contribution in [0.15, 0.2) is 30.9 Å². The molecule has 0 atom stereocenters. The van der Waals surface area contributed by atoms with Crippen LogP contribution in [0, 0.1) is 0 Å². The third-order valence-electron chi connectivity index (χ3n) is 4.85. The molecule has 4 rings (SSSR count). The van der Waals surface area contributed by atoms with Crippen LogP contribution in [-0.4, -0.2) is 50.6 Å². The molecule has 1 aliphatic heterocycles. The van der Waals surface area contributed by atoms with Gasteiger partial charge in [0.2, 0.25) is 0 Å². The third kappa shape index (κ3) is 4.14.